The van der Waals surface area contributed by atoms with Gasteiger partial charge in [0.1, 0.15) is 0 Å². The fourth-order valence-electron chi connectivity index (χ4n) is 3.16. The van der Waals surface area contributed by atoms with Crippen molar-refractivity contribution in [3.05, 3.63) is 45.7 Å². The molecule has 2 aromatic rings. The number of halogens is 1. The van der Waals surface area contributed by atoms with Gasteiger partial charge in [0.05, 0.1) is 34.1 Å². The molecule has 1 N–H and O–H groups in total. The first-order chi connectivity index (χ1) is 11.8. The van der Waals surface area contributed by atoms with Crippen molar-refractivity contribution in [2.24, 2.45) is 5.92 Å². The summed E-state index contributed by atoms with van der Waals surface area (Å²) in [5.41, 5.74) is 2.84. The molecule has 0 aliphatic carbocycles. The lowest BCUT2D eigenvalue weighted by Gasteiger charge is -2.10. The Morgan fingerprint density at radius 1 is 1.32 bits per heavy atom. The maximum atomic E-state index is 12.6. The van der Waals surface area contributed by atoms with Crippen LogP contribution in [0.15, 0.2) is 28.7 Å². The molecule has 6 nitrogen and oxygen atoms in total. The van der Waals surface area contributed by atoms with Crippen LogP contribution in [0.2, 0.25) is 0 Å². The lowest BCUT2D eigenvalue weighted by atomic mass is 10.1. The summed E-state index contributed by atoms with van der Waals surface area (Å²) in [6.07, 6.45) is 0.610. The third-order valence-electron chi connectivity index (χ3n) is 4.47. The van der Waals surface area contributed by atoms with E-state index in [1.807, 2.05) is 31.2 Å². The molecule has 134 valence electrons. The normalized spacial score (nSPS) is 19.1. The average Bonchev–Trinajstić information content (AvgIpc) is 3.05. The number of hydrogen-bond donors (Lipinski definition) is 1. The van der Waals surface area contributed by atoms with Gasteiger partial charge in [0.15, 0.2) is 9.84 Å². The minimum absolute atomic E-state index is 0.00363. The Kier molecular flexibility index (Phi) is 5.02. The van der Waals surface area contributed by atoms with Gasteiger partial charge in [0, 0.05) is 11.0 Å². The van der Waals surface area contributed by atoms with Crippen LogP contribution in [-0.2, 0) is 9.84 Å². The van der Waals surface area contributed by atoms with Crippen LogP contribution in [0.3, 0.4) is 0 Å². The number of carbonyl (C=O) groups excluding carboxylic acids is 1. The number of sulfone groups is 1. The second-order valence-electron chi connectivity index (χ2n) is 6.41. The summed E-state index contributed by atoms with van der Waals surface area (Å²) < 4.78 is 25.8. The highest BCUT2D eigenvalue weighted by molar-refractivity contribution is 9.10. The van der Waals surface area contributed by atoms with Crippen LogP contribution >= 0.6 is 15.9 Å². The number of nitrogens with one attached hydrogen (secondary N) is 1. The molecule has 1 atom stereocenters. The van der Waals surface area contributed by atoms with Crippen LogP contribution in [0.25, 0.3) is 5.69 Å². The van der Waals surface area contributed by atoms with Gasteiger partial charge < -0.3 is 5.32 Å². The molecular weight excluding hydrogens is 406 g/mol. The van der Waals surface area contributed by atoms with Crippen LogP contribution in [0.5, 0.6) is 0 Å². The van der Waals surface area contributed by atoms with Gasteiger partial charge in [-0.05, 0) is 50.5 Å². The highest BCUT2D eigenvalue weighted by Gasteiger charge is 2.28. The first kappa shape index (κ1) is 18.1. The van der Waals surface area contributed by atoms with Crippen molar-refractivity contribution < 1.29 is 13.2 Å². The third kappa shape index (κ3) is 3.95. The van der Waals surface area contributed by atoms with Crippen molar-refractivity contribution in [2.45, 2.75) is 20.3 Å². The number of aryl methyl sites for hydroxylation is 1. The monoisotopic (exact) mass is 425 g/mol. The Balaban J connectivity index is 1.76. The van der Waals surface area contributed by atoms with Gasteiger partial charge in [0.25, 0.3) is 5.91 Å². The Morgan fingerprint density at radius 2 is 2.00 bits per heavy atom. The predicted octanol–water partition coefficient (Wildman–Crippen LogP) is 2.42. The molecule has 1 unspecified atom stereocenters. The summed E-state index contributed by atoms with van der Waals surface area (Å²) in [6.45, 7) is 4.04. The average molecular weight is 426 g/mol. The summed E-state index contributed by atoms with van der Waals surface area (Å²) in [4.78, 5) is 12.6. The van der Waals surface area contributed by atoms with Crippen molar-refractivity contribution in [1.82, 2.24) is 15.1 Å². The maximum absolute atomic E-state index is 12.6. The molecule has 3 rings (SSSR count). The van der Waals surface area contributed by atoms with E-state index in [9.17, 15) is 13.2 Å². The standard InChI is InChI=1S/C17H20BrN3O3S/c1-11-16(17(22)19-9-13-7-8-25(23,24)10-13)12(2)21(20-11)15-5-3-14(18)4-6-15/h3-6,13H,7-10H2,1-2H3,(H,19,22). The van der Waals surface area contributed by atoms with E-state index in [-0.39, 0.29) is 23.3 Å². The molecule has 1 aromatic carbocycles. The summed E-state index contributed by atoms with van der Waals surface area (Å²) in [7, 11) is -2.93. The Hall–Kier alpha value is -1.67. The fraction of sp³-hybridized carbons (Fsp3) is 0.412. The van der Waals surface area contributed by atoms with Gasteiger partial charge in [-0.2, -0.15) is 5.10 Å². The third-order valence-corrected chi connectivity index (χ3v) is 6.83. The topological polar surface area (TPSA) is 81.1 Å². The van der Waals surface area contributed by atoms with Crippen LogP contribution < -0.4 is 5.32 Å². The first-order valence-electron chi connectivity index (χ1n) is 8.07. The lowest BCUT2D eigenvalue weighted by Crippen LogP contribution is -2.30. The molecule has 1 aliphatic heterocycles. The molecule has 0 spiro atoms. The summed E-state index contributed by atoms with van der Waals surface area (Å²) >= 11 is 3.40. The maximum Gasteiger partial charge on any atom is 0.255 e. The minimum atomic E-state index is -2.93. The highest BCUT2D eigenvalue weighted by Crippen LogP contribution is 2.21. The Labute approximate surface area is 155 Å². The first-order valence-corrected chi connectivity index (χ1v) is 10.7. The number of carbonyl (C=O) groups is 1. The molecule has 2 heterocycles. The van der Waals surface area contributed by atoms with E-state index >= 15 is 0 Å². The van der Waals surface area contributed by atoms with E-state index in [1.54, 1.807) is 11.6 Å². The van der Waals surface area contributed by atoms with Crippen molar-refractivity contribution >= 4 is 31.7 Å². The number of nitrogens with zero attached hydrogens (tertiary/aromatic N) is 2. The second kappa shape index (κ2) is 6.92. The van der Waals surface area contributed by atoms with Crippen LogP contribution in [0.4, 0.5) is 0 Å². The molecule has 1 amide bonds. The van der Waals surface area contributed by atoms with Crippen molar-refractivity contribution in [3.8, 4) is 5.69 Å². The number of rotatable bonds is 4. The van der Waals surface area contributed by atoms with E-state index < -0.39 is 9.84 Å². The van der Waals surface area contributed by atoms with Gasteiger partial charge in [0.2, 0.25) is 0 Å². The van der Waals surface area contributed by atoms with Crippen LogP contribution in [0.1, 0.15) is 28.2 Å². The fourth-order valence-corrected chi connectivity index (χ4v) is 5.29. The molecule has 1 saturated heterocycles. The second-order valence-corrected chi connectivity index (χ2v) is 9.56. The van der Waals surface area contributed by atoms with Crippen molar-refractivity contribution in [1.29, 1.82) is 0 Å². The quantitative estimate of drug-likeness (QED) is 0.815. The molecular formula is C17H20BrN3O3S. The van der Waals surface area contributed by atoms with E-state index in [2.05, 4.69) is 26.3 Å². The van der Waals surface area contributed by atoms with Crippen LogP contribution in [-0.4, -0.2) is 42.2 Å². The van der Waals surface area contributed by atoms with E-state index in [1.165, 1.54) is 0 Å². The van der Waals surface area contributed by atoms with Gasteiger partial charge in [-0.15, -0.1) is 0 Å². The lowest BCUT2D eigenvalue weighted by molar-refractivity contribution is 0.0947. The van der Waals surface area contributed by atoms with Crippen LogP contribution in [0, 0.1) is 19.8 Å². The summed E-state index contributed by atoms with van der Waals surface area (Å²) in [6, 6.07) is 7.70. The molecule has 0 saturated carbocycles. The van der Waals surface area contributed by atoms with E-state index in [4.69, 9.17) is 0 Å². The van der Waals surface area contributed by atoms with Gasteiger partial charge >= 0.3 is 0 Å². The zero-order valence-corrected chi connectivity index (χ0v) is 16.5. The molecule has 8 heteroatoms. The van der Waals surface area contributed by atoms with Gasteiger partial charge in [-0.25, -0.2) is 13.1 Å². The largest absolute Gasteiger partial charge is 0.352 e. The van der Waals surface area contributed by atoms with Crippen molar-refractivity contribution in [3.63, 3.8) is 0 Å². The smallest absolute Gasteiger partial charge is 0.255 e. The minimum Gasteiger partial charge on any atom is -0.352 e. The van der Waals surface area contributed by atoms with Crippen molar-refractivity contribution in [2.75, 3.05) is 18.1 Å². The zero-order chi connectivity index (χ0) is 18.2. The summed E-state index contributed by atoms with van der Waals surface area (Å²) in [5, 5.41) is 7.35. The molecule has 0 radical (unpaired) electrons. The SMILES string of the molecule is Cc1nn(-c2ccc(Br)cc2)c(C)c1C(=O)NCC1CCS(=O)(=O)C1. The zero-order valence-electron chi connectivity index (χ0n) is 14.1. The summed E-state index contributed by atoms with van der Waals surface area (Å²) in [5.74, 6) is 0.162. The molecule has 1 fully saturated rings. The molecule has 25 heavy (non-hydrogen) atoms. The molecule has 0 bridgehead atoms. The Morgan fingerprint density at radius 3 is 2.60 bits per heavy atom. The van der Waals surface area contributed by atoms with E-state index in [0.717, 1.165) is 15.9 Å². The number of hydrogen-bond acceptors (Lipinski definition) is 4. The van der Waals surface area contributed by atoms with Gasteiger partial charge in [-0.3, -0.25) is 4.79 Å². The highest BCUT2D eigenvalue weighted by atomic mass is 79.9. The Bertz CT molecular complexity index is 904. The predicted molar refractivity (Wildman–Crippen MR) is 99.8 cm³/mol. The number of aromatic nitrogens is 2. The number of benzene rings is 1. The van der Waals surface area contributed by atoms with E-state index in [0.29, 0.717) is 24.2 Å². The molecule has 1 aromatic heterocycles. The number of amides is 1. The van der Waals surface area contributed by atoms with Gasteiger partial charge in [-0.1, -0.05) is 15.9 Å². The molecule has 1 aliphatic rings.